The highest BCUT2D eigenvalue weighted by atomic mass is 19.1. The van der Waals surface area contributed by atoms with Gasteiger partial charge in [-0.15, -0.1) is 0 Å². The Bertz CT molecular complexity index is 206. The summed E-state index contributed by atoms with van der Waals surface area (Å²) in [7, 11) is 0.500. The van der Waals surface area contributed by atoms with E-state index in [1.807, 2.05) is 30.3 Å². The van der Waals surface area contributed by atoms with Crippen molar-refractivity contribution in [3.63, 3.8) is 0 Å². The standard InChI is InChI=1S/C8H8O.CH3F/c1-7(9)8-5-3-2-4-6-8;1-2/h2-6H,1H3;1H3. The highest BCUT2D eigenvalue weighted by Gasteiger charge is 1.92. The summed E-state index contributed by atoms with van der Waals surface area (Å²) in [5.74, 6) is 0.121. The molecule has 0 bridgehead atoms. The van der Waals surface area contributed by atoms with Crippen LogP contribution in [-0.2, 0) is 0 Å². The molecule has 1 rings (SSSR count). The van der Waals surface area contributed by atoms with Gasteiger partial charge in [0.05, 0.1) is 7.18 Å². The molecule has 1 nitrogen and oxygen atoms in total. The van der Waals surface area contributed by atoms with E-state index in [0.717, 1.165) is 5.56 Å². The molecular weight excluding hydrogens is 143 g/mol. The van der Waals surface area contributed by atoms with Gasteiger partial charge in [-0.1, -0.05) is 30.3 Å². The number of ketones is 1. The molecule has 0 N–H and O–H groups in total. The Balaban J connectivity index is 0.000000461. The number of carbonyl (C=O) groups is 1. The predicted molar refractivity (Wildman–Crippen MR) is 43.5 cm³/mol. The van der Waals surface area contributed by atoms with Gasteiger partial charge in [0, 0.05) is 5.56 Å². The van der Waals surface area contributed by atoms with Gasteiger partial charge < -0.3 is 0 Å². The summed E-state index contributed by atoms with van der Waals surface area (Å²) in [6.07, 6.45) is 0. The Hall–Kier alpha value is -1.18. The minimum Gasteiger partial charge on any atom is -0.295 e. The number of rotatable bonds is 1. The summed E-state index contributed by atoms with van der Waals surface area (Å²) in [6.45, 7) is 1.56. The van der Waals surface area contributed by atoms with Crippen LogP contribution < -0.4 is 0 Å². The molecule has 0 radical (unpaired) electrons. The zero-order valence-electron chi connectivity index (χ0n) is 6.67. The van der Waals surface area contributed by atoms with E-state index in [-0.39, 0.29) is 5.78 Å². The fourth-order valence-corrected chi connectivity index (χ4v) is 0.673. The normalized spacial score (nSPS) is 7.91. The second-order valence-corrected chi connectivity index (χ2v) is 1.92. The first kappa shape index (κ1) is 9.82. The summed E-state index contributed by atoms with van der Waals surface area (Å²) in [6, 6.07) is 9.23. The summed E-state index contributed by atoms with van der Waals surface area (Å²) in [4.78, 5) is 10.6. The van der Waals surface area contributed by atoms with Crippen LogP contribution >= 0.6 is 0 Å². The van der Waals surface area contributed by atoms with E-state index in [1.54, 1.807) is 6.92 Å². The number of hydrogen-bond acceptors (Lipinski definition) is 1. The van der Waals surface area contributed by atoms with Crippen molar-refractivity contribution in [2.45, 2.75) is 6.92 Å². The number of alkyl halides is 1. The van der Waals surface area contributed by atoms with Crippen LogP contribution in [0.4, 0.5) is 4.39 Å². The number of carbonyl (C=O) groups excluding carboxylic acids is 1. The Morgan fingerprint density at radius 2 is 1.64 bits per heavy atom. The largest absolute Gasteiger partial charge is 0.295 e. The fraction of sp³-hybridized carbons (Fsp3) is 0.222. The van der Waals surface area contributed by atoms with Crippen molar-refractivity contribution in [2.75, 3.05) is 7.18 Å². The average molecular weight is 154 g/mol. The van der Waals surface area contributed by atoms with Crippen LogP contribution in [0, 0.1) is 0 Å². The lowest BCUT2D eigenvalue weighted by Crippen LogP contribution is -1.88. The van der Waals surface area contributed by atoms with Gasteiger partial charge in [0.15, 0.2) is 5.78 Å². The third-order valence-corrected chi connectivity index (χ3v) is 1.18. The quantitative estimate of drug-likeness (QED) is 0.568. The number of halogens is 1. The van der Waals surface area contributed by atoms with Crippen LogP contribution in [0.5, 0.6) is 0 Å². The van der Waals surface area contributed by atoms with Crippen LogP contribution in [0.1, 0.15) is 17.3 Å². The van der Waals surface area contributed by atoms with Gasteiger partial charge in [0.1, 0.15) is 0 Å². The lowest BCUT2D eigenvalue weighted by Gasteiger charge is -1.89. The average Bonchev–Trinajstić information content (AvgIpc) is 2.10. The topological polar surface area (TPSA) is 17.1 Å². The fourth-order valence-electron chi connectivity index (χ4n) is 0.673. The van der Waals surface area contributed by atoms with Gasteiger partial charge >= 0.3 is 0 Å². The zero-order chi connectivity index (χ0) is 8.69. The summed E-state index contributed by atoms with van der Waals surface area (Å²) in [5.41, 5.74) is 0.775. The van der Waals surface area contributed by atoms with Crippen molar-refractivity contribution >= 4 is 5.78 Å². The molecule has 11 heavy (non-hydrogen) atoms. The Kier molecular flexibility index (Phi) is 4.99. The molecule has 0 saturated heterocycles. The van der Waals surface area contributed by atoms with Crippen LogP contribution in [0.25, 0.3) is 0 Å². The van der Waals surface area contributed by atoms with E-state index in [1.165, 1.54) is 0 Å². The number of Topliss-reactive ketones (excluding diaryl/α,β-unsaturated/α-hetero) is 1. The molecule has 1 aromatic rings. The molecule has 0 saturated carbocycles. The SMILES string of the molecule is CC(=O)c1ccccc1.CF. The molecule has 2 heteroatoms. The maximum atomic E-state index is 10.6. The van der Waals surface area contributed by atoms with Crippen LogP contribution in [-0.4, -0.2) is 13.0 Å². The molecule has 0 spiro atoms. The van der Waals surface area contributed by atoms with E-state index in [4.69, 9.17) is 0 Å². The smallest absolute Gasteiger partial charge is 0.159 e. The molecule has 0 aliphatic heterocycles. The second-order valence-electron chi connectivity index (χ2n) is 1.92. The second kappa shape index (κ2) is 5.59. The van der Waals surface area contributed by atoms with Crippen molar-refractivity contribution in [1.29, 1.82) is 0 Å². The minimum atomic E-state index is 0.121. The third kappa shape index (κ3) is 3.50. The molecule has 1 aromatic carbocycles. The first-order valence-corrected chi connectivity index (χ1v) is 3.24. The molecular formula is C9H11FO. The Morgan fingerprint density at radius 3 is 1.91 bits per heavy atom. The van der Waals surface area contributed by atoms with Crippen molar-refractivity contribution in [3.05, 3.63) is 35.9 Å². The van der Waals surface area contributed by atoms with Crippen LogP contribution in [0.2, 0.25) is 0 Å². The first-order chi connectivity index (χ1) is 5.30. The predicted octanol–water partition coefficient (Wildman–Crippen LogP) is 2.47. The maximum Gasteiger partial charge on any atom is 0.159 e. The van der Waals surface area contributed by atoms with Crippen LogP contribution in [0.15, 0.2) is 30.3 Å². The van der Waals surface area contributed by atoms with Gasteiger partial charge in [0.2, 0.25) is 0 Å². The van der Waals surface area contributed by atoms with E-state index in [9.17, 15) is 9.18 Å². The zero-order valence-corrected chi connectivity index (χ0v) is 6.67. The van der Waals surface area contributed by atoms with E-state index >= 15 is 0 Å². The summed E-state index contributed by atoms with van der Waals surface area (Å²) < 4.78 is 9.50. The van der Waals surface area contributed by atoms with Gasteiger partial charge in [-0.3, -0.25) is 9.18 Å². The van der Waals surface area contributed by atoms with Gasteiger partial charge in [-0.2, -0.15) is 0 Å². The molecule has 0 aromatic heterocycles. The van der Waals surface area contributed by atoms with Crippen molar-refractivity contribution in [3.8, 4) is 0 Å². The molecule has 0 unspecified atom stereocenters. The molecule has 0 atom stereocenters. The van der Waals surface area contributed by atoms with Crippen LogP contribution in [0.3, 0.4) is 0 Å². The van der Waals surface area contributed by atoms with Gasteiger partial charge in [-0.05, 0) is 6.92 Å². The van der Waals surface area contributed by atoms with Gasteiger partial charge in [-0.25, -0.2) is 0 Å². The minimum absolute atomic E-state index is 0.121. The lowest BCUT2D eigenvalue weighted by molar-refractivity contribution is 0.101. The maximum absolute atomic E-state index is 10.6. The monoisotopic (exact) mass is 154 g/mol. The van der Waals surface area contributed by atoms with Gasteiger partial charge in [0.25, 0.3) is 0 Å². The molecule has 0 aliphatic carbocycles. The van der Waals surface area contributed by atoms with E-state index in [0.29, 0.717) is 7.18 Å². The lowest BCUT2D eigenvalue weighted by atomic mass is 10.2. The van der Waals surface area contributed by atoms with E-state index < -0.39 is 0 Å². The molecule has 0 aliphatic rings. The third-order valence-electron chi connectivity index (χ3n) is 1.18. The number of hydrogen-bond donors (Lipinski definition) is 0. The summed E-state index contributed by atoms with van der Waals surface area (Å²) >= 11 is 0. The van der Waals surface area contributed by atoms with Crippen molar-refractivity contribution < 1.29 is 9.18 Å². The van der Waals surface area contributed by atoms with Crippen molar-refractivity contribution in [1.82, 2.24) is 0 Å². The highest BCUT2D eigenvalue weighted by Crippen LogP contribution is 1.97. The number of benzene rings is 1. The first-order valence-electron chi connectivity index (χ1n) is 3.24. The highest BCUT2D eigenvalue weighted by molar-refractivity contribution is 5.93. The molecule has 0 amide bonds. The summed E-state index contributed by atoms with van der Waals surface area (Å²) in [5, 5.41) is 0. The Morgan fingerprint density at radius 1 is 1.18 bits per heavy atom. The van der Waals surface area contributed by atoms with Crippen molar-refractivity contribution in [2.24, 2.45) is 0 Å². The molecule has 60 valence electrons. The molecule has 0 fully saturated rings. The molecule has 0 heterocycles. The Labute approximate surface area is 65.9 Å². The van der Waals surface area contributed by atoms with E-state index in [2.05, 4.69) is 0 Å².